The van der Waals surface area contributed by atoms with E-state index >= 15 is 0 Å². The summed E-state index contributed by atoms with van der Waals surface area (Å²) in [6.07, 6.45) is 3.66. The van der Waals surface area contributed by atoms with E-state index in [4.69, 9.17) is 4.74 Å². The average molecular weight is 458 g/mol. The van der Waals surface area contributed by atoms with E-state index in [1.54, 1.807) is 24.3 Å². The maximum Gasteiger partial charge on any atom is 0.255 e. The maximum atomic E-state index is 12.8. The smallest absolute Gasteiger partial charge is 0.255 e. The van der Waals surface area contributed by atoms with Crippen molar-refractivity contribution in [1.29, 1.82) is 0 Å². The summed E-state index contributed by atoms with van der Waals surface area (Å²) in [5.41, 5.74) is 1.04. The Labute approximate surface area is 188 Å². The minimum absolute atomic E-state index is 0.0241. The van der Waals surface area contributed by atoms with Crippen LogP contribution in [0.2, 0.25) is 0 Å². The van der Waals surface area contributed by atoms with Gasteiger partial charge in [0, 0.05) is 31.8 Å². The van der Waals surface area contributed by atoms with Crippen LogP contribution in [0.1, 0.15) is 46.4 Å². The minimum Gasteiger partial charge on any atom is -0.376 e. The Bertz CT molecular complexity index is 1070. The van der Waals surface area contributed by atoms with Gasteiger partial charge >= 0.3 is 0 Å². The van der Waals surface area contributed by atoms with Gasteiger partial charge < -0.3 is 15.4 Å². The van der Waals surface area contributed by atoms with Crippen LogP contribution in [-0.2, 0) is 14.8 Å². The molecule has 32 heavy (non-hydrogen) atoms. The second-order valence-corrected chi connectivity index (χ2v) is 9.92. The first-order valence-electron chi connectivity index (χ1n) is 10.9. The molecule has 8 nitrogen and oxygen atoms in total. The number of carbonyl (C=O) groups is 2. The number of para-hydroxylation sites is 1. The monoisotopic (exact) mass is 457 g/mol. The highest BCUT2D eigenvalue weighted by Crippen LogP contribution is 2.22. The van der Waals surface area contributed by atoms with Gasteiger partial charge in [-0.1, -0.05) is 12.1 Å². The molecule has 2 fully saturated rings. The normalized spacial score (nSPS) is 19.1. The molecule has 2 aliphatic heterocycles. The molecule has 2 heterocycles. The summed E-state index contributed by atoms with van der Waals surface area (Å²) in [7, 11) is -3.53. The van der Waals surface area contributed by atoms with Gasteiger partial charge in [0.1, 0.15) is 0 Å². The summed E-state index contributed by atoms with van der Waals surface area (Å²) in [6, 6.07) is 12.6. The Hall–Kier alpha value is -2.75. The van der Waals surface area contributed by atoms with Crippen molar-refractivity contribution in [2.45, 2.75) is 36.7 Å². The van der Waals surface area contributed by atoms with Gasteiger partial charge in [0.05, 0.1) is 22.3 Å². The van der Waals surface area contributed by atoms with Crippen molar-refractivity contribution >= 4 is 27.5 Å². The Balaban J connectivity index is 1.43. The third-order valence-electron chi connectivity index (χ3n) is 5.75. The standard InChI is InChI=1S/C23H27N3O5S/c27-22(17-9-11-19(12-10-17)32(29,30)26-13-3-4-14-26)25-21-8-2-1-7-20(21)23(28)24-16-18-6-5-15-31-18/h1-2,7-12,18H,3-6,13-16H2,(H,24,28)(H,25,27). The number of carbonyl (C=O) groups excluding carboxylic acids is 2. The second kappa shape index (κ2) is 9.81. The van der Waals surface area contributed by atoms with Crippen LogP contribution in [0.15, 0.2) is 53.4 Å². The maximum absolute atomic E-state index is 12.8. The fraction of sp³-hybridized carbons (Fsp3) is 0.391. The van der Waals surface area contributed by atoms with Gasteiger partial charge in [-0.2, -0.15) is 4.31 Å². The molecule has 2 aromatic carbocycles. The van der Waals surface area contributed by atoms with Crippen molar-refractivity contribution in [2.24, 2.45) is 0 Å². The van der Waals surface area contributed by atoms with Crippen molar-refractivity contribution in [3.8, 4) is 0 Å². The van der Waals surface area contributed by atoms with Gasteiger partial charge in [0.15, 0.2) is 0 Å². The summed E-state index contributed by atoms with van der Waals surface area (Å²) in [4.78, 5) is 25.6. The Morgan fingerprint density at radius 1 is 0.969 bits per heavy atom. The molecule has 2 aliphatic rings. The zero-order valence-electron chi connectivity index (χ0n) is 17.7. The number of hydrogen-bond donors (Lipinski definition) is 2. The third-order valence-corrected chi connectivity index (χ3v) is 7.67. The largest absolute Gasteiger partial charge is 0.376 e. The molecule has 2 N–H and O–H groups in total. The highest BCUT2D eigenvalue weighted by Gasteiger charge is 2.27. The van der Waals surface area contributed by atoms with Crippen LogP contribution >= 0.6 is 0 Å². The van der Waals surface area contributed by atoms with E-state index in [9.17, 15) is 18.0 Å². The van der Waals surface area contributed by atoms with Gasteiger partial charge in [0.2, 0.25) is 10.0 Å². The number of sulfonamides is 1. The quantitative estimate of drug-likeness (QED) is 0.665. The van der Waals surface area contributed by atoms with E-state index in [0.29, 0.717) is 43.1 Å². The lowest BCUT2D eigenvalue weighted by Gasteiger charge is -2.16. The van der Waals surface area contributed by atoms with E-state index in [2.05, 4.69) is 10.6 Å². The van der Waals surface area contributed by atoms with Crippen molar-refractivity contribution < 1.29 is 22.7 Å². The van der Waals surface area contributed by atoms with Gasteiger partial charge in [-0.3, -0.25) is 9.59 Å². The van der Waals surface area contributed by atoms with Gasteiger partial charge in [0.25, 0.3) is 11.8 Å². The van der Waals surface area contributed by atoms with Gasteiger partial charge in [-0.05, 0) is 62.1 Å². The molecule has 0 saturated carbocycles. The molecule has 170 valence electrons. The lowest BCUT2D eigenvalue weighted by molar-refractivity contribution is 0.0858. The fourth-order valence-corrected chi connectivity index (χ4v) is 5.46. The number of nitrogens with zero attached hydrogens (tertiary/aromatic N) is 1. The zero-order valence-corrected chi connectivity index (χ0v) is 18.6. The Morgan fingerprint density at radius 3 is 2.38 bits per heavy atom. The number of nitrogens with one attached hydrogen (secondary N) is 2. The molecule has 2 saturated heterocycles. The first-order valence-corrected chi connectivity index (χ1v) is 12.3. The number of benzene rings is 2. The van der Waals surface area contributed by atoms with Crippen molar-refractivity contribution in [1.82, 2.24) is 9.62 Å². The molecule has 9 heteroatoms. The van der Waals surface area contributed by atoms with Crippen molar-refractivity contribution in [3.63, 3.8) is 0 Å². The van der Waals surface area contributed by atoms with E-state index < -0.39 is 15.9 Å². The van der Waals surface area contributed by atoms with Crippen LogP contribution in [0.25, 0.3) is 0 Å². The highest BCUT2D eigenvalue weighted by molar-refractivity contribution is 7.89. The van der Waals surface area contributed by atoms with E-state index in [1.807, 2.05) is 0 Å². The first-order chi connectivity index (χ1) is 15.4. The summed E-state index contributed by atoms with van der Waals surface area (Å²) in [5, 5.41) is 5.62. The minimum atomic E-state index is -3.53. The summed E-state index contributed by atoms with van der Waals surface area (Å²) < 4.78 is 32.3. The molecule has 2 amide bonds. The molecule has 0 aromatic heterocycles. The number of rotatable bonds is 7. The van der Waals surface area contributed by atoms with E-state index in [1.165, 1.54) is 28.6 Å². The number of ether oxygens (including phenoxy) is 1. The SMILES string of the molecule is O=C(Nc1ccccc1C(=O)NCC1CCCO1)c1ccc(S(=O)(=O)N2CCCC2)cc1. The highest BCUT2D eigenvalue weighted by atomic mass is 32.2. The number of anilines is 1. The number of hydrogen-bond acceptors (Lipinski definition) is 5. The summed E-state index contributed by atoms with van der Waals surface area (Å²) in [5.74, 6) is -0.710. The van der Waals surface area contributed by atoms with E-state index in [-0.39, 0.29) is 16.9 Å². The molecule has 1 atom stereocenters. The third kappa shape index (κ3) is 5.01. The Kier molecular flexibility index (Phi) is 6.88. The van der Waals surface area contributed by atoms with Crippen LogP contribution in [0.3, 0.4) is 0 Å². The van der Waals surface area contributed by atoms with Crippen molar-refractivity contribution in [2.75, 3.05) is 31.6 Å². The fourth-order valence-electron chi connectivity index (χ4n) is 3.95. The molecule has 2 aromatic rings. The predicted molar refractivity (Wildman–Crippen MR) is 120 cm³/mol. The van der Waals surface area contributed by atoms with Crippen molar-refractivity contribution in [3.05, 3.63) is 59.7 Å². The molecule has 0 aliphatic carbocycles. The van der Waals surface area contributed by atoms with Crippen LogP contribution in [0, 0.1) is 0 Å². The van der Waals surface area contributed by atoms with Crippen LogP contribution < -0.4 is 10.6 Å². The lowest BCUT2D eigenvalue weighted by atomic mass is 10.1. The predicted octanol–water partition coefficient (Wildman–Crippen LogP) is 2.63. The number of amides is 2. The molecule has 0 bridgehead atoms. The van der Waals surface area contributed by atoms with Gasteiger partial charge in [-0.15, -0.1) is 0 Å². The molecular weight excluding hydrogens is 430 g/mol. The molecule has 1 unspecified atom stereocenters. The molecule has 0 radical (unpaired) electrons. The second-order valence-electron chi connectivity index (χ2n) is 7.98. The molecule has 4 rings (SSSR count). The molecule has 0 spiro atoms. The van der Waals surface area contributed by atoms with E-state index in [0.717, 1.165) is 25.7 Å². The lowest BCUT2D eigenvalue weighted by Crippen LogP contribution is -2.32. The zero-order chi connectivity index (χ0) is 22.6. The molecular formula is C23H27N3O5S. The summed E-state index contributed by atoms with van der Waals surface area (Å²) in [6.45, 7) is 2.19. The van der Waals surface area contributed by atoms with Gasteiger partial charge in [-0.25, -0.2) is 8.42 Å². The average Bonchev–Trinajstić information content (AvgIpc) is 3.52. The summed E-state index contributed by atoms with van der Waals surface area (Å²) >= 11 is 0. The van der Waals surface area contributed by atoms with Crippen LogP contribution in [-0.4, -0.2) is 56.9 Å². The topological polar surface area (TPSA) is 105 Å². The first kappa shape index (κ1) is 22.4. The van der Waals surface area contributed by atoms with Crippen LogP contribution in [0.5, 0.6) is 0 Å². The van der Waals surface area contributed by atoms with Crippen LogP contribution in [0.4, 0.5) is 5.69 Å². The Morgan fingerprint density at radius 2 is 1.69 bits per heavy atom.